The third-order valence-electron chi connectivity index (χ3n) is 4.58. The van der Waals surface area contributed by atoms with Gasteiger partial charge in [0.25, 0.3) is 0 Å². The molecule has 2 aromatic rings. The van der Waals surface area contributed by atoms with Gasteiger partial charge in [0.2, 0.25) is 0 Å². The summed E-state index contributed by atoms with van der Waals surface area (Å²) in [6.45, 7) is 1.48. The molecule has 0 saturated carbocycles. The van der Waals surface area contributed by atoms with E-state index in [4.69, 9.17) is 4.74 Å². The van der Waals surface area contributed by atoms with Crippen LogP contribution in [0, 0.1) is 6.92 Å². The van der Waals surface area contributed by atoms with Gasteiger partial charge in [-0.15, -0.1) is 0 Å². The predicted octanol–water partition coefficient (Wildman–Crippen LogP) is 3.96. The van der Waals surface area contributed by atoms with Crippen LogP contribution >= 0.6 is 0 Å². The molecule has 8 heteroatoms. The van der Waals surface area contributed by atoms with Crippen molar-refractivity contribution in [2.45, 2.75) is 13.5 Å². The number of methoxy groups -OCH3 is 1. The van der Waals surface area contributed by atoms with E-state index in [0.717, 1.165) is 5.69 Å². The van der Waals surface area contributed by atoms with Crippen molar-refractivity contribution >= 4 is 17.4 Å². The van der Waals surface area contributed by atoms with Crippen molar-refractivity contribution in [2.24, 2.45) is 0 Å². The largest absolute Gasteiger partial charge is 0.497 e. The molecule has 150 valence electrons. The molecule has 2 amide bonds. The molecule has 0 atom stereocenters. The minimum Gasteiger partial charge on any atom is -0.497 e. The number of hydrogen-bond donors (Lipinski definition) is 1. The molecule has 0 bridgehead atoms. The number of aryl methyl sites for hydroxylation is 1. The Kier molecular flexibility index (Phi) is 6.18. The number of benzene rings is 2. The fourth-order valence-electron chi connectivity index (χ4n) is 3.12. The summed E-state index contributed by atoms with van der Waals surface area (Å²) >= 11 is 0. The Bertz CT molecular complexity index is 824. The number of amides is 2. The van der Waals surface area contributed by atoms with Crippen molar-refractivity contribution in [1.82, 2.24) is 4.90 Å². The maximum Gasteiger partial charge on any atom is 0.387 e. The molecule has 1 aliphatic rings. The van der Waals surface area contributed by atoms with Crippen LogP contribution in [0.4, 0.5) is 25.0 Å². The number of hydrogen-bond acceptors (Lipinski definition) is 4. The zero-order valence-electron chi connectivity index (χ0n) is 15.8. The standard InChI is InChI=1S/C20H23F2N3O3/c1-14-4-3-5-15(12-14)24-8-10-25(11-9-24)20(26)23-17-13-16(27-2)6-7-18(17)28-19(21)22/h3-7,12-13,19H,8-11H2,1-2H3,(H,23,26). The van der Waals surface area contributed by atoms with Crippen LogP contribution in [-0.2, 0) is 0 Å². The monoisotopic (exact) mass is 391 g/mol. The number of nitrogens with zero attached hydrogens (tertiary/aromatic N) is 2. The van der Waals surface area contributed by atoms with Crippen molar-refractivity contribution in [3.8, 4) is 11.5 Å². The smallest absolute Gasteiger partial charge is 0.387 e. The van der Waals surface area contributed by atoms with Crippen LogP contribution in [-0.4, -0.2) is 50.8 Å². The molecule has 0 aliphatic carbocycles. The summed E-state index contributed by atoms with van der Waals surface area (Å²) in [5.41, 5.74) is 2.45. The second-order valence-corrected chi connectivity index (χ2v) is 6.48. The third kappa shape index (κ3) is 4.82. The molecule has 3 rings (SSSR count). The summed E-state index contributed by atoms with van der Waals surface area (Å²) in [6.07, 6.45) is 0. The highest BCUT2D eigenvalue weighted by Gasteiger charge is 2.23. The van der Waals surface area contributed by atoms with Gasteiger partial charge in [-0.05, 0) is 36.8 Å². The second kappa shape index (κ2) is 8.77. The molecule has 2 aromatic carbocycles. The Hall–Kier alpha value is -3.03. The van der Waals surface area contributed by atoms with Gasteiger partial charge in [0.05, 0.1) is 12.8 Å². The molecular formula is C20H23F2N3O3. The third-order valence-corrected chi connectivity index (χ3v) is 4.58. The van der Waals surface area contributed by atoms with E-state index in [0.29, 0.717) is 31.9 Å². The number of piperazine rings is 1. The van der Waals surface area contributed by atoms with Gasteiger partial charge in [0.1, 0.15) is 11.5 Å². The molecule has 1 saturated heterocycles. The molecule has 0 aromatic heterocycles. The maximum atomic E-state index is 12.6. The van der Waals surface area contributed by atoms with Crippen LogP contribution in [0.1, 0.15) is 5.56 Å². The number of carbonyl (C=O) groups excluding carboxylic acids is 1. The van der Waals surface area contributed by atoms with E-state index in [9.17, 15) is 13.6 Å². The Balaban J connectivity index is 1.64. The fraction of sp³-hybridized carbons (Fsp3) is 0.350. The maximum absolute atomic E-state index is 12.6. The lowest BCUT2D eigenvalue weighted by Gasteiger charge is -2.36. The lowest BCUT2D eigenvalue weighted by Crippen LogP contribution is -2.50. The van der Waals surface area contributed by atoms with E-state index in [2.05, 4.69) is 21.0 Å². The van der Waals surface area contributed by atoms with Crippen LogP contribution < -0.4 is 19.7 Å². The van der Waals surface area contributed by atoms with Crippen LogP contribution in [0.5, 0.6) is 11.5 Å². The number of halogens is 2. The van der Waals surface area contributed by atoms with Gasteiger partial charge in [0, 0.05) is 37.9 Å². The highest BCUT2D eigenvalue weighted by molar-refractivity contribution is 5.91. The normalized spacial score (nSPS) is 14.2. The Morgan fingerprint density at radius 3 is 2.50 bits per heavy atom. The van der Waals surface area contributed by atoms with Crippen LogP contribution in [0.25, 0.3) is 0 Å². The van der Waals surface area contributed by atoms with Crippen molar-refractivity contribution in [1.29, 1.82) is 0 Å². The van der Waals surface area contributed by atoms with Crippen molar-refractivity contribution < 1.29 is 23.0 Å². The molecule has 6 nitrogen and oxygen atoms in total. The molecule has 0 unspecified atom stereocenters. The van der Waals surface area contributed by atoms with E-state index < -0.39 is 6.61 Å². The summed E-state index contributed by atoms with van der Waals surface area (Å²) in [5.74, 6) is 0.323. The number of nitrogens with one attached hydrogen (secondary N) is 1. The molecule has 28 heavy (non-hydrogen) atoms. The highest BCUT2D eigenvalue weighted by Crippen LogP contribution is 2.31. The van der Waals surface area contributed by atoms with E-state index in [1.54, 1.807) is 4.90 Å². The number of anilines is 2. The zero-order valence-corrected chi connectivity index (χ0v) is 15.8. The zero-order chi connectivity index (χ0) is 20.1. The van der Waals surface area contributed by atoms with Gasteiger partial charge in [-0.1, -0.05) is 12.1 Å². The van der Waals surface area contributed by atoms with E-state index in [1.165, 1.54) is 30.9 Å². The number of rotatable bonds is 5. The predicted molar refractivity (Wildman–Crippen MR) is 104 cm³/mol. The molecule has 1 heterocycles. The van der Waals surface area contributed by atoms with Gasteiger partial charge in [-0.2, -0.15) is 8.78 Å². The van der Waals surface area contributed by atoms with Crippen molar-refractivity contribution in [2.75, 3.05) is 43.5 Å². The molecule has 0 radical (unpaired) electrons. The average Bonchev–Trinajstić information content (AvgIpc) is 2.69. The van der Waals surface area contributed by atoms with Gasteiger partial charge < -0.3 is 24.6 Å². The van der Waals surface area contributed by atoms with Crippen LogP contribution in [0.3, 0.4) is 0 Å². The van der Waals surface area contributed by atoms with E-state index in [1.807, 2.05) is 25.1 Å². The Morgan fingerprint density at radius 1 is 1.11 bits per heavy atom. The summed E-state index contributed by atoms with van der Waals surface area (Å²) < 4.78 is 34.8. The van der Waals surface area contributed by atoms with Crippen LogP contribution in [0.15, 0.2) is 42.5 Å². The Labute approximate surface area is 162 Å². The van der Waals surface area contributed by atoms with Gasteiger partial charge in [0.15, 0.2) is 0 Å². The number of ether oxygens (including phenoxy) is 2. The summed E-state index contributed by atoms with van der Waals surface area (Å²) in [7, 11) is 1.46. The highest BCUT2D eigenvalue weighted by atomic mass is 19.3. The lowest BCUT2D eigenvalue weighted by molar-refractivity contribution is -0.0493. The molecule has 1 N–H and O–H groups in total. The number of carbonyl (C=O) groups is 1. The lowest BCUT2D eigenvalue weighted by atomic mass is 10.2. The van der Waals surface area contributed by atoms with E-state index >= 15 is 0 Å². The van der Waals surface area contributed by atoms with Crippen molar-refractivity contribution in [3.05, 3.63) is 48.0 Å². The molecule has 1 fully saturated rings. The first-order valence-corrected chi connectivity index (χ1v) is 8.96. The average molecular weight is 391 g/mol. The van der Waals surface area contributed by atoms with Crippen molar-refractivity contribution in [3.63, 3.8) is 0 Å². The molecule has 1 aliphatic heterocycles. The minimum atomic E-state index is -2.98. The first-order chi connectivity index (χ1) is 13.5. The minimum absolute atomic E-state index is 0.109. The number of alkyl halides is 2. The number of urea groups is 1. The second-order valence-electron chi connectivity index (χ2n) is 6.48. The SMILES string of the molecule is COc1ccc(OC(F)F)c(NC(=O)N2CCN(c3cccc(C)c3)CC2)c1. The molecular weight excluding hydrogens is 368 g/mol. The Morgan fingerprint density at radius 2 is 1.86 bits per heavy atom. The summed E-state index contributed by atoms with van der Waals surface area (Å²) in [4.78, 5) is 16.5. The quantitative estimate of drug-likeness (QED) is 0.838. The topological polar surface area (TPSA) is 54.0 Å². The summed E-state index contributed by atoms with van der Waals surface area (Å²) in [5, 5.41) is 2.65. The first kappa shape index (κ1) is 19.7. The molecule has 0 spiro atoms. The van der Waals surface area contributed by atoms with E-state index in [-0.39, 0.29) is 17.5 Å². The first-order valence-electron chi connectivity index (χ1n) is 8.96. The van der Waals surface area contributed by atoms with Gasteiger partial charge in [-0.25, -0.2) is 4.79 Å². The van der Waals surface area contributed by atoms with Gasteiger partial charge >= 0.3 is 12.6 Å². The van der Waals surface area contributed by atoms with Gasteiger partial charge in [-0.3, -0.25) is 0 Å². The summed E-state index contributed by atoms with van der Waals surface area (Å²) in [6, 6.07) is 12.1. The fourth-order valence-corrected chi connectivity index (χ4v) is 3.12. The van der Waals surface area contributed by atoms with Crippen LogP contribution in [0.2, 0.25) is 0 Å².